The van der Waals surface area contributed by atoms with Crippen molar-refractivity contribution in [1.82, 2.24) is 0 Å². The van der Waals surface area contributed by atoms with E-state index in [2.05, 4.69) is 6.92 Å². The van der Waals surface area contributed by atoms with Crippen LogP contribution in [0.4, 0.5) is 0 Å². The van der Waals surface area contributed by atoms with Crippen molar-refractivity contribution in [1.29, 1.82) is 0 Å². The number of unbranched alkanes of at least 4 members (excludes halogenated alkanes) is 9. The van der Waals surface area contributed by atoms with Crippen molar-refractivity contribution in [3.05, 3.63) is 5.21 Å². The van der Waals surface area contributed by atoms with Crippen LogP contribution in [0.25, 0.3) is 0 Å². The summed E-state index contributed by atoms with van der Waals surface area (Å²) < 4.78 is 0.122. The lowest BCUT2D eigenvalue weighted by atomic mass is 10.1. The largest absolute Gasteiger partial charge is 0.633 e. The first kappa shape index (κ1) is 17.0. The standard InChI is InChI=1S/C17H35NO/c1-2-3-4-5-6-7-8-9-10-12-15-18(19)16-13-11-14-17-18/h2-17H2,1H3. The Hall–Kier alpha value is -0.0800. The van der Waals surface area contributed by atoms with E-state index in [9.17, 15) is 5.21 Å². The average molecular weight is 269 g/mol. The fourth-order valence-electron chi connectivity index (χ4n) is 3.20. The van der Waals surface area contributed by atoms with Gasteiger partial charge in [-0.05, 0) is 32.1 Å². The molecular formula is C17H35NO. The molecule has 0 unspecified atom stereocenters. The van der Waals surface area contributed by atoms with Crippen LogP contribution in [0.3, 0.4) is 0 Å². The Labute approximate surface area is 120 Å². The van der Waals surface area contributed by atoms with Crippen LogP contribution in [-0.2, 0) is 0 Å². The lowest BCUT2D eigenvalue weighted by molar-refractivity contribution is -0.885. The van der Waals surface area contributed by atoms with E-state index < -0.39 is 0 Å². The van der Waals surface area contributed by atoms with Crippen LogP contribution >= 0.6 is 0 Å². The second-order valence-corrected chi connectivity index (χ2v) is 6.47. The maximum absolute atomic E-state index is 12.3. The van der Waals surface area contributed by atoms with Crippen LogP contribution in [0, 0.1) is 5.21 Å². The van der Waals surface area contributed by atoms with Gasteiger partial charge in [0, 0.05) is 0 Å². The van der Waals surface area contributed by atoms with Crippen molar-refractivity contribution < 1.29 is 4.65 Å². The highest BCUT2D eigenvalue weighted by molar-refractivity contribution is 4.55. The lowest BCUT2D eigenvalue weighted by Crippen LogP contribution is -2.46. The summed E-state index contributed by atoms with van der Waals surface area (Å²) in [5.41, 5.74) is 0. The van der Waals surface area contributed by atoms with E-state index in [0.29, 0.717) is 0 Å². The summed E-state index contributed by atoms with van der Waals surface area (Å²) in [6.07, 6.45) is 17.2. The minimum Gasteiger partial charge on any atom is -0.633 e. The Morgan fingerprint density at radius 1 is 0.684 bits per heavy atom. The van der Waals surface area contributed by atoms with Gasteiger partial charge in [0.1, 0.15) is 0 Å². The number of hydroxylamine groups is 3. The van der Waals surface area contributed by atoms with Gasteiger partial charge in [0.15, 0.2) is 0 Å². The third-order valence-electron chi connectivity index (χ3n) is 4.55. The predicted octanol–water partition coefficient (Wildman–Crippen LogP) is 5.41. The summed E-state index contributed by atoms with van der Waals surface area (Å²) in [5, 5.41) is 12.3. The third-order valence-corrected chi connectivity index (χ3v) is 4.55. The molecule has 1 aliphatic heterocycles. The highest BCUT2D eigenvalue weighted by Gasteiger charge is 2.19. The Bertz CT molecular complexity index is 199. The van der Waals surface area contributed by atoms with E-state index in [1.807, 2.05) is 0 Å². The number of hydrogen-bond acceptors (Lipinski definition) is 1. The molecule has 0 aliphatic carbocycles. The summed E-state index contributed by atoms with van der Waals surface area (Å²) in [5.74, 6) is 0. The summed E-state index contributed by atoms with van der Waals surface area (Å²) in [6, 6.07) is 0. The zero-order valence-corrected chi connectivity index (χ0v) is 13.2. The first-order valence-corrected chi connectivity index (χ1v) is 8.84. The van der Waals surface area contributed by atoms with Gasteiger partial charge >= 0.3 is 0 Å². The molecule has 1 aliphatic rings. The van der Waals surface area contributed by atoms with E-state index in [4.69, 9.17) is 0 Å². The smallest absolute Gasteiger partial charge is 0.0783 e. The fourth-order valence-corrected chi connectivity index (χ4v) is 3.20. The normalized spacial score (nSPS) is 18.6. The number of rotatable bonds is 11. The molecule has 0 aromatic rings. The second kappa shape index (κ2) is 10.7. The van der Waals surface area contributed by atoms with E-state index in [-0.39, 0.29) is 4.65 Å². The van der Waals surface area contributed by atoms with Crippen molar-refractivity contribution >= 4 is 0 Å². The van der Waals surface area contributed by atoms with Gasteiger partial charge in [0.05, 0.1) is 19.6 Å². The summed E-state index contributed by atoms with van der Waals surface area (Å²) in [7, 11) is 0. The molecule has 0 atom stereocenters. The molecular weight excluding hydrogens is 234 g/mol. The molecule has 1 rings (SSSR count). The molecule has 0 amide bonds. The Morgan fingerprint density at radius 2 is 1.16 bits per heavy atom. The molecule has 1 saturated heterocycles. The van der Waals surface area contributed by atoms with Gasteiger partial charge in [-0.2, -0.15) is 0 Å². The SMILES string of the molecule is CCCCCCCCCCCC[N+]1([O-])CCCCC1. The monoisotopic (exact) mass is 269 g/mol. The van der Waals surface area contributed by atoms with Crippen LogP contribution in [0.15, 0.2) is 0 Å². The Kier molecular flexibility index (Phi) is 9.54. The molecule has 0 aromatic heterocycles. The number of quaternary nitrogens is 1. The molecule has 0 bridgehead atoms. The first-order valence-electron chi connectivity index (χ1n) is 8.84. The number of likely N-dealkylation sites (tertiary alicyclic amines) is 1. The van der Waals surface area contributed by atoms with Crippen LogP contribution in [0.1, 0.15) is 90.4 Å². The minimum atomic E-state index is 0.122. The quantitative estimate of drug-likeness (QED) is 0.279. The number of hydrogen-bond donors (Lipinski definition) is 0. The molecule has 0 spiro atoms. The molecule has 114 valence electrons. The number of piperidine rings is 1. The van der Waals surface area contributed by atoms with Crippen LogP contribution in [0.5, 0.6) is 0 Å². The van der Waals surface area contributed by atoms with Crippen LogP contribution in [-0.4, -0.2) is 24.3 Å². The maximum Gasteiger partial charge on any atom is 0.0783 e. The zero-order valence-electron chi connectivity index (χ0n) is 13.2. The van der Waals surface area contributed by atoms with Crippen molar-refractivity contribution in [3.63, 3.8) is 0 Å². The topological polar surface area (TPSA) is 23.1 Å². The molecule has 0 N–H and O–H groups in total. The maximum atomic E-state index is 12.3. The fraction of sp³-hybridized carbons (Fsp3) is 1.00. The van der Waals surface area contributed by atoms with Gasteiger partial charge in [0.2, 0.25) is 0 Å². The highest BCUT2D eigenvalue weighted by Crippen LogP contribution is 2.19. The molecule has 0 saturated carbocycles. The molecule has 1 heterocycles. The molecule has 2 heteroatoms. The van der Waals surface area contributed by atoms with Crippen LogP contribution < -0.4 is 0 Å². The van der Waals surface area contributed by atoms with E-state index >= 15 is 0 Å². The van der Waals surface area contributed by atoms with E-state index in [1.54, 1.807) is 0 Å². The van der Waals surface area contributed by atoms with Crippen molar-refractivity contribution in [2.45, 2.75) is 90.4 Å². The van der Waals surface area contributed by atoms with Crippen molar-refractivity contribution in [2.75, 3.05) is 19.6 Å². The van der Waals surface area contributed by atoms with Gasteiger partial charge in [-0.25, -0.2) is 0 Å². The van der Waals surface area contributed by atoms with Gasteiger partial charge in [0.25, 0.3) is 0 Å². The van der Waals surface area contributed by atoms with Gasteiger partial charge in [-0.15, -0.1) is 0 Å². The first-order chi connectivity index (χ1) is 9.27. The summed E-state index contributed by atoms with van der Waals surface area (Å²) in [6.45, 7) is 4.93. The van der Waals surface area contributed by atoms with E-state index in [0.717, 1.165) is 38.9 Å². The van der Waals surface area contributed by atoms with Crippen molar-refractivity contribution in [2.24, 2.45) is 0 Å². The highest BCUT2D eigenvalue weighted by atomic mass is 16.5. The lowest BCUT2D eigenvalue weighted by Gasteiger charge is -2.45. The van der Waals surface area contributed by atoms with Gasteiger partial charge in [-0.3, -0.25) is 0 Å². The molecule has 0 aromatic carbocycles. The molecule has 0 radical (unpaired) electrons. The van der Waals surface area contributed by atoms with Gasteiger partial charge in [-0.1, -0.05) is 58.3 Å². The summed E-state index contributed by atoms with van der Waals surface area (Å²) in [4.78, 5) is 0. The Morgan fingerprint density at radius 3 is 1.68 bits per heavy atom. The second-order valence-electron chi connectivity index (χ2n) is 6.47. The van der Waals surface area contributed by atoms with Crippen LogP contribution in [0.2, 0.25) is 0 Å². The zero-order chi connectivity index (χ0) is 13.8. The minimum absolute atomic E-state index is 0.122. The molecule has 2 nitrogen and oxygen atoms in total. The Balaban J connectivity index is 1.83. The predicted molar refractivity (Wildman–Crippen MR) is 83.9 cm³/mol. The van der Waals surface area contributed by atoms with E-state index in [1.165, 1.54) is 64.2 Å². The van der Waals surface area contributed by atoms with Gasteiger partial charge < -0.3 is 9.85 Å². The third kappa shape index (κ3) is 8.65. The number of nitrogens with zero attached hydrogens (tertiary/aromatic N) is 1. The molecule has 19 heavy (non-hydrogen) atoms. The molecule has 1 fully saturated rings. The average Bonchev–Trinajstić information content (AvgIpc) is 2.42. The summed E-state index contributed by atoms with van der Waals surface area (Å²) >= 11 is 0. The van der Waals surface area contributed by atoms with Crippen molar-refractivity contribution in [3.8, 4) is 0 Å².